The fourth-order valence-electron chi connectivity index (χ4n) is 2.24. The van der Waals surface area contributed by atoms with Crippen molar-refractivity contribution in [3.8, 4) is 28.8 Å². The highest BCUT2D eigenvalue weighted by molar-refractivity contribution is 5.67. The Kier molecular flexibility index (Phi) is 4.94. The molecule has 0 aliphatic rings. The molecule has 0 fully saturated rings. The minimum absolute atomic E-state index is 0.0148. The molecule has 138 valence electrons. The summed E-state index contributed by atoms with van der Waals surface area (Å²) in [6.45, 7) is -0.0148. The van der Waals surface area contributed by atoms with E-state index in [0.717, 1.165) is 12.1 Å². The summed E-state index contributed by atoms with van der Waals surface area (Å²) in [6, 6.07) is 10.8. The van der Waals surface area contributed by atoms with Gasteiger partial charge in [-0.2, -0.15) is 5.26 Å². The zero-order valence-corrected chi connectivity index (χ0v) is 13.4. The van der Waals surface area contributed by atoms with E-state index in [9.17, 15) is 17.6 Å². The zero-order valence-electron chi connectivity index (χ0n) is 13.4. The van der Waals surface area contributed by atoms with Crippen molar-refractivity contribution in [3.05, 3.63) is 59.5 Å². The van der Waals surface area contributed by atoms with E-state index < -0.39 is 17.9 Å². The molecule has 0 bridgehead atoms. The van der Waals surface area contributed by atoms with E-state index >= 15 is 0 Å². The van der Waals surface area contributed by atoms with Gasteiger partial charge in [-0.1, -0.05) is 17.3 Å². The summed E-state index contributed by atoms with van der Waals surface area (Å²) >= 11 is 0. The number of aromatic amines is 1. The lowest BCUT2D eigenvalue weighted by atomic mass is 10.1. The number of nitrogens with one attached hydrogen (secondary N) is 1. The summed E-state index contributed by atoms with van der Waals surface area (Å²) in [5.41, 5.74) is 0.788. The standard InChI is InChI=1S/C17H10F4N4O2/c18-12-3-1-10(2-4-12)9-26-13-5-11(16-15(8-22)23-25-24-16)6-14(7-13)27-17(19,20)21/h1-7H,9H2,(H,23,24,25). The molecule has 0 saturated heterocycles. The first-order valence-electron chi connectivity index (χ1n) is 7.43. The van der Waals surface area contributed by atoms with Crippen LogP contribution in [-0.4, -0.2) is 21.8 Å². The number of nitrogens with zero attached hydrogens (tertiary/aromatic N) is 3. The van der Waals surface area contributed by atoms with Crippen LogP contribution in [0.3, 0.4) is 0 Å². The van der Waals surface area contributed by atoms with Crippen molar-refractivity contribution in [2.24, 2.45) is 0 Å². The number of ether oxygens (including phenoxy) is 2. The van der Waals surface area contributed by atoms with Crippen LogP contribution in [0.2, 0.25) is 0 Å². The monoisotopic (exact) mass is 378 g/mol. The van der Waals surface area contributed by atoms with Gasteiger partial charge in [-0.05, 0) is 29.8 Å². The van der Waals surface area contributed by atoms with Gasteiger partial charge in [-0.15, -0.1) is 18.3 Å². The number of rotatable bonds is 5. The first-order valence-corrected chi connectivity index (χ1v) is 7.43. The smallest absolute Gasteiger partial charge is 0.489 e. The second-order valence-corrected chi connectivity index (χ2v) is 5.30. The Hall–Kier alpha value is -3.61. The van der Waals surface area contributed by atoms with E-state index in [-0.39, 0.29) is 29.3 Å². The van der Waals surface area contributed by atoms with Gasteiger partial charge in [0, 0.05) is 11.6 Å². The summed E-state index contributed by atoms with van der Waals surface area (Å²) in [4.78, 5) is 0. The molecule has 27 heavy (non-hydrogen) atoms. The van der Waals surface area contributed by atoms with Gasteiger partial charge in [0.15, 0.2) is 5.69 Å². The van der Waals surface area contributed by atoms with Crippen LogP contribution in [0.15, 0.2) is 42.5 Å². The largest absolute Gasteiger partial charge is 0.573 e. The average Bonchev–Trinajstić information content (AvgIpc) is 3.08. The highest BCUT2D eigenvalue weighted by Gasteiger charge is 2.31. The number of benzene rings is 2. The van der Waals surface area contributed by atoms with Crippen LogP contribution in [0.1, 0.15) is 11.3 Å². The zero-order chi connectivity index (χ0) is 19.4. The van der Waals surface area contributed by atoms with Crippen LogP contribution >= 0.6 is 0 Å². The van der Waals surface area contributed by atoms with E-state index in [1.165, 1.54) is 30.3 Å². The minimum atomic E-state index is -4.91. The Bertz CT molecular complexity index is 978. The Morgan fingerprint density at radius 2 is 1.78 bits per heavy atom. The van der Waals surface area contributed by atoms with Crippen molar-refractivity contribution in [2.75, 3.05) is 0 Å². The molecule has 10 heteroatoms. The predicted octanol–water partition coefficient (Wildman–Crippen LogP) is 3.96. The van der Waals surface area contributed by atoms with Crippen LogP contribution < -0.4 is 9.47 Å². The van der Waals surface area contributed by atoms with Crippen molar-refractivity contribution < 1.29 is 27.0 Å². The van der Waals surface area contributed by atoms with Gasteiger partial charge >= 0.3 is 6.36 Å². The van der Waals surface area contributed by atoms with Crippen LogP contribution in [0.25, 0.3) is 11.3 Å². The molecule has 0 aliphatic heterocycles. The molecule has 0 radical (unpaired) electrons. The number of hydrogen-bond donors (Lipinski definition) is 1. The molecular formula is C17H10F4N4O2. The second-order valence-electron chi connectivity index (χ2n) is 5.30. The van der Waals surface area contributed by atoms with Crippen molar-refractivity contribution in [1.82, 2.24) is 15.4 Å². The van der Waals surface area contributed by atoms with Crippen LogP contribution in [0, 0.1) is 17.1 Å². The molecule has 1 aromatic heterocycles. The Labute approximate surface area is 150 Å². The highest BCUT2D eigenvalue weighted by atomic mass is 19.4. The summed E-state index contributed by atoms with van der Waals surface area (Å²) in [5.74, 6) is -0.916. The van der Waals surface area contributed by atoms with E-state index in [4.69, 9.17) is 10.00 Å². The van der Waals surface area contributed by atoms with Crippen molar-refractivity contribution in [1.29, 1.82) is 5.26 Å². The first-order chi connectivity index (χ1) is 12.8. The fraction of sp³-hybridized carbons (Fsp3) is 0.118. The number of alkyl halides is 3. The predicted molar refractivity (Wildman–Crippen MR) is 83.9 cm³/mol. The molecule has 3 aromatic rings. The number of nitriles is 1. The van der Waals surface area contributed by atoms with Gasteiger partial charge in [-0.25, -0.2) is 9.49 Å². The Morgan fingerprint density at radius 1 is 1.07 bits per heavy atom. The molecule has 1 N–H and O–H groups in total. The van der Waals surface area contributed by atoms with Crippen LogP contribution in [-0.2, 0) is 6.61 Å². The van der Waals surface area contributed by atoms with E-state index in [0.29, 0.717) is 5.56 Å². The lowest BCUT2D eigenvalue weighted by molar-refractivity contribution is -0.274. The van der Waals surface area contributed by atoms with E-state index in [2.05, 4.69) is 20.1 Å². The number of aromatic nitrogens is 3. The highest BCUT2D eigenvalue weighted by Crippen LogP contribution is 2.33. The van der Waals surface area contributed by atoms with Crippen molar-refractivity contribution in [2.45, 2.75) is 13.0 Å². The van der Waals surface area contributed by atoms with Crippen molar-refractivity contribution in [3.63, 3.8) is 0 Å². The minimum Gasteiger partial charge on any atom is -0.489 e. The second kappa shape index (κ2) is 7.33. The molecule has 2 aromatic carbocycles. The normalized spacial score (nSPS) is 11.1. The van der Waals surface area contributed by atoms with E-state index in [1.54, 1.807) is 6.07 Å². The van der Waals surface area contributed by atoms with Gasteiger partial charge in [0.25, 0.3) is 0 Å². The van der Waals surface area contributed by atoms with Gasteiger partial charge in [-0.3, -0.25) is 0 Å². The number of halogens is 4. The van der Waals surface area contributed by atoms with Gasteiger partial charge in [0.05, 0.1) is 0 Å². The molecule has 6 nitrogen and oxygen atoms in total. The summed E-state index contributed by atoms with van der Waals surface area (Å²) < 4.78 is 60.2. The molecule has 0 saturated carbocycles. The summed E-state index contributed by atoms with van der Waals surface area (Å²) in [5, 5.41) is 18.5. The SMILES string of the molecule is N#Cc1[nH]nnc1-c1cc(OCc2ccc(F)cc2)cc(OC(F)(F)F)c1. The van der Waals surface area contributed by atoms with Gasteiger partial charge in [0.2, 0.25) is 0 Å². The molecule has 1 heterocycles. The summed E-state index contributed by atoms with van der Waals surface area (Å²) in [7, 11) is 0. The number of H-pyrrole nitrogens is 1. The maximum atomic E-state index is 12.9. The molecule has 0 unspecified atom stereocenters. The quantitative estimate of drug-likeness (QED) is 0.680. The maximum Gasteiger partial charge on any atom is 0.573 e. The first kappa shape index (κ1) is 18.2. The molecule has 3 rings (SSSR count). The average molecular weight is 378 g/mol. The van der Waals surface area contributed by atoms with Crippen LogP contribution in [0.4, 0.5) is 17.6 Å². The third-order valence-electron chi connectivity index (χ3n) is 3.37. The Balaban J connectivity index is 1.92. The lowest BCUT2D eigenvalue weighted by Gasteiger charge is -2.13. The van der Waals surface area contributed by atoms with Crippen molar-refractivity contribution >= 4 is 0 Å². The fourth-order valence-corrected chi connectivity index (χ4v) is 2.24. The lowest BCUT2D eigenvalue weighted by Crippen LogP contribution is -2.17. The molecule has 0 atom stereocenters. The topological polar surface area (TPSA) is 83.8 Å². The Morgan fingerprint density at radius 3 is 2.44 bits per heavy atom. The van der Waals surface area contributed by atoms with Crippen LogP contribution in [0.5, 0.6) is 11.5 Å². The van der Waals surface area contributed by atoms with Gasteiger partial charge < -0.3 is 9.47 Å². The van der Waals surface area contributed by atoms with E-state index in [1.807, 2.05) is 0 Å². The molecule has 0 aliphatic carbocycles. The third-order valence-corrected chi connectivity index (χ3v) is 3.37. The molecular weight excluding hydrogens is 368 g/mol. The maximum absolute atomic E-state index is 12.9. The number of hydrogen-bond acceptors (Lipinski definition) is 5. The molecule has 0 amide bonds. The molecule has 0 spiro atoms. The van der Waals surface area contributed by atoms with Gasteiger partial charge in [0.1, 0.15) is 35.7 Å². The summed E-state index contributed by atoms with van der Waals surface area (Å²) in [6.07, 6.45) is -4.91. The third kappa shape index (κ3) is 4.72.